The van der Waals surface area contributed by atoms with Crippen LogP contribution in [-0.2, 0) is 4.79 Å². The van der Waals surface area contributed by atoms with Crippen LogP contribution in [0.15, 0.2) is 30.3 Å². The number of carbonyl (C=O) groups is 1. The van der Waals surface area contributed by atoms with Gasteiger partial charge in [0.1, 0.15) is 0 Å². The van der Waals surface area contributed by atoms with Gasteiger partial charge in [0.15, 0.2) is 0 Å². The molecule has 1 fully saturated rings. The number of carbonyl (C=O) groups excluding carboxylic acids is 1. The smallest absolute Gasteiger partial charge is 0.237 e. The number of aliphatic hydroxyl groups is 1. The van der Waals surface area contributed by atoms with Crippen molar-refractivity contribution in [3.63, 3.8) is 0 Å². The Kier molecular flexibility index (Phi) is 4.12. The number of aliphatic hydroxyl groups excluding tert-OH is 1. The highest BCUT2D eigenvalue weighted by molar-refractivity contribution is 5.82. The van der Waals surface area contributed by atoms with Crippen molar-refractivity contribution in [2.45, 2.75) is 25.0 Å². The molecule has 2 atom stereocenters. The number of hydrogen-bond donors (Lipinski definition) is 3. The molecule has 2 rings (SSSR count). The van der Waals surface area contributed by atoms with Crippen molar-refractivity contribution in [3.05, 3.63) is 35.9 Å². The molecule has 4 nitrogen and oxygen atoms in total. The largest absolute Gasteiger partial charge is 0.387 e. The van der Waals surface area contributed by atoms with Crippen LogP contribution in [0.3, 0.4) is 0 Å². The normalized spacial score (nSPS) is 21.1. The number of benzene rings is 1. The molecule has 1 heterocycles. The SMILES string of the molecule is O=C(NC[C@H](O)c1ccccc1)[C@H]1CCCN1. The molecule has 92 valence electrons. The van der Waals surface area contributed by atoms with E-state index in [1.807, 2.05) is 30.3 Å². The lowest BCUT2D eigenvalue weighted by Gasteiger charge is -2.15. The first-order chi connectivity index (χ1) is 8.27. The topological polar surface area (TPSA) is 61.4 Å². The Morgan fingerprint density at radius 3 is 2.88 bits per heavy atom. The Hall–Kier alpha value is -1.39. The van der Waals surface area contributed by atoms with Gasteiger partial charge in [-0.2, -0.15) is 0 Å². The van der Waals surface area contributed by atoms with Crippen molar-refractivity contribution in [1.82, 2.24) is 10.6 Å². The summed E-state index contributed by atoms with van der Waals surface area (Å²) in [5, 5.41) is 15.8. The molecule has 0 radical (unpaired) electrons. The van der Waals surface area contributed by atoms with Gasteiger partial charge in [-0.05, 0) is 24.9 Å². The Labute approximate surface area is 101 Å². The first kappa shape index (κ1) is 12.1. The Morgan fingerprint density at radius 2 is 2.24 bits per heavy atom. The maximum Gasteiger partial charge on any atom is 0.237 e. The average Bonchev–Trinajstić information content (AvgIpc) is 2.90. The zero-order valence-corrected chi connectivity index (χ0v) is 9.73. The van der Waals surface area contributed by atoms with E-state index in [4.69, 9.17) is 0 Å². The summed E-state index contributed by atoms with van der Waals surface area (Å²) < 4.78 is 0. The van der Waals surface area contributed by atoms with E-state index in [0.29, 0.717) is 0 Å². The van der Waals surface area contributed by atoms with E-state index < -0.39 is 6.10 Å². The van der Waals surface area contributed by atoms with Gasteiger partial charge >= 0.3 is 0 Å². The van der Waals surface area contributed by atoms with E-state index >= 15 is 0 Å². The minimum absolute atomic E-state index is 0.0162. The van der Waals surface area contributed by atoms with Crippen molar-refractivity contribution in [2.75, 3.05) is 13.1 Å². The van der Waals surface area contributed by atoms with Crippen LogP contribution < -0.4 is 10.6 Å². The van der Waals surface area contributed by atoms with Gasteiger partial charge in [-0.3, -0.25) is 4.79 Å². The first-order valence-corrected chi connectivity index (χ1v) is 6.01. The van der Waals surface area contributed by atoms with Crippen molar-refractivity contribution in [3.8, 4) is 0 Å². The van der Waals surface area contributed by atoms with Gasteiger partial charge in [0, 0.05) is 6.54 Å². The summed E-state index contributed by atoms with van der Waals surface area (Å²) in [5.74, 6) is -0.0162. The van der Waals surface area contributed by atoms with Crippen molar-refractivity contribution < 1.29 is 9.90 Å². The lowest BCUT2D eigenvalue weighted by Crippen LogP contribution is -2.41. The van der Waals surface area contributed by atoms with Crippen LogP contribution >= 0.6 is 0 Å². The summed E-state index contributed by atoms with van der Waals surface area (Å²) in [6.45, 7) is 1.17. The van der Waals surface area contributed by atoms with Crippen LogP contribution in [0, 0.1) is 0 Å². The van der Waals surface area contributed by atoms with E-state index in [1.54, 1.807) is 0 Å². The number of hydrogen-bond acceptors (Lipinski definition) is 3. The van der Waals surface area contributed by atoms with E-state index in [1.165, 1.54) is 0 Å². The molecule has 0 saturated carbocycles. The Balaban J connectivity index is 1.80. The zero-order chi connectivity index (χ0) is 12.1. The van der Waals surface area contributed by atoms with Crippen LogP contribution in [0.25, 0.3) is 0 Å². The van der Waals surface area contributed by atoms with Gasteiger partial charge in [0.25, 0.3) is 0 Å². The molecule has 1 saturated heterocycles. The van der Waals surface area contributed by atoms with Crippen molar-refractivity contribution in [1.29, 1.82) is 0 Å². The zero-order valence-electron chi connectivity index (χ0n) is 9.73. The second-order valence-corrected chi connectivity index (χ2v) is 4.32. The van der Waals surface area contributed by atoms with Crippen LogP contribution in [0.2, 0.25) is 0 Å². The molecule has 17 heavy (non-hydrogen) atoms. The Bertz CT molecular complexity index is 361. The van der Waals surface area contributed by atoms with Crippen LogP contribution in [-0.4, -0.2) is 30.1 Å². The third kappa shape index (κ3) is 3.28. The maximum atomic E-state index is 11.7. The van der Waals surface area contributed by atoms with Crippen molar-refractivity contribution in [2.24, 2.45) is 0 Å². The van der Waals surface area contributed by atoms with Gasteiger partial charge in [-0.25, -0.2) is 0 Å². The van der Waals surface area contributed by atoms with Gasteiger partial charge < -0.3 is 15.7 Å². The summed E-state index contributed by atoms with van der Waals surface area (Å²) in [4.78, 5) is 11.7. The summed E-state index contributed by atoms with van der Waals surface area (Å²) >= 11 is 0. The van der Waals surface area contributed by atoms with E-state index in [2.05, 4.69) is 10.6 Å². The summed E-state index contributed by atoms with van der Waals surface area (Å²) in [6.07, 6.45) is 1.29. The summed E-state index contributed by atoms with van der Waals surface area (Å²) in [7, 11) is 0. The molecular weight excluding hydrogens is 216 g/mol. The third-order valence-electron chi connectivity index (χ3n) is 3.03. The van der Waals surface area contributed by atoms with Gasteiger partial charge in [-0.1, -0.05) is 30.3 Å². The Morgan fingerprint density at radius 1 is 1.47 bits per heavy atom. The van der Waals surface area contributed by atoms with Gasteiger partial charge in [0.2, 0.25) is 5.91 Å². The molecule has 1 aliphatic heterocycles. The fraction of sp³-hybridized carbons (Fsp3) is 0.462. The third-order valence-corrected chi connectivity index (χ3v) is 3.03. The molecule has 1 aromatic carbocycles. The fourth-order valence-corrected chi connectivity index (χ4v) is 2.02. The molecule has 1 aliphatic rings. The summed E-state index contributed by atoms with van der Waals surface area (Å²) in [6, 6.07) is 9.27. The predicted octanol–water partition coefficient (Wildman–Crippen LogP) is 0.588. The molecule has 4 heteroatoms. The maximum absolute atomic E-state index is 11.7. The highest BCUT2D eigenvalue weighted by Crippen LogP contribution is 2.11. The van der Waals surface area contributed by atoms with Gasteiger partial charge in [-0.15, -0.1) is 0 Å². The monoisotopic (exact) mass is 234 g/mol. The second kappa shape index (κ2) is 5.80. The number of nitrogens with one attached hydrogen (secondary N) is 2. The molecule has 0 aromatic heterocycles. The quantitative estimate of drug-likeness (QED) is 0.714. The molecular formula is C13H18N2O2. The van der Waals surface area contributed by atoms with Crippen molar-refractivity contribution >= 4 is 5.91 Å². The van der Waals surface area contributed by atoms with E-state index in [9.17, 15) is 9.90 Å². The van der Waals surface area contributed by atoms with E-state index in [0.717, 1.165) is 24.9 Å². The fourth-order valence-electron chi connectivity index (χ4n) is 2.02. The number of rotatable bonds is 4. The lowest BCUT2D eigenvalue weighted by molar-refractivity contribution is -0.123. The van der Waals surface area contributed by atoms with Crippen LogP contribution in [0.5, 0.6) is 0 Å². The molecule has 0 bridgehead atoms. The predicted molar refractivity (Wildman–Crippen MR) is 65.4 cm³/mol. The highest BCUT2D eigenvalue weighted by atomic mass is 16.3. The molecule has 1 aromatic rings. The molecule has 0 aliphatic carbocycles. The van der Waals surface area contributed by atoms with Crippen LogP contribution in [0.4, 0.5) is 0 Å². The highest BCUT2D eigenvalue weighted by Gasteiger charge is 2.22. The lowest BCUT2D eigenvalue weighted by atomic mass is 10.1. The minimum Gasteiger partial charge on any atom is -0.387 e. The van der Waals surface area contributed by atoms with Crippen LogP contribution in [0.1, 0.15) is 24.5 Å². The molecule has 0 unspecified atom stereocenters. The standard InChI is InChI=1S/C13H18N2O2/c16-12(10-5-2-1-3-6-10)9-15-13(17)11-7-4-8-14-11/h1-3,5-6,11-12,14,16H,4,7-9H2,(H,15,17)/t11-,12+/m1/s1. The van der Waals surface area contributed by atoms with Gasteiger partial charge in [0.05, 0.1) is 12.1 Å². The first-order valence-electron chi connectivity index (χ1n) is 6.01. The molecule has 0 spiro atoms. The second-order valence-electron chi connectivity index (χ2n) is 4.32. The number of amides is 1. The molecule has 1 amide bonds. The molecule has 3 N–H and O–H groups in total. The minimum atomic E-state index is -0.637. The average molecular weight is 234 g/mol. The van der Waals surface area contributed by atoms with E-state index in [-0.39, 0.29) is 18.5 Å². The summed E-state index contributed by atoms with van der Waals surface area (Å²) in [5.41, 5.74) is 0.826.